The Kier molecular flexibility index (Phi) is 8.02. The average molecular weight is 452 g/mol. The van der Waals surface area contributed by atoms with Crippen molar-refractivity contribution in [3.8, 4) is 11.3 Å². The molecule has 2 aromatic carbocycles. The first-order chi connectivity index (χ1) is 15.3. The van der Waals surface area contributed by atoms with Crippen LogP contribution in [0.3, 0.4) is 0 Å². The molecule has 0 N–H and O–H groups in total. The van der Waals surface area contributed by atoms with Crippen molar-refractivity contribution in [3.63, 3.8) is 0 Å². The molecule has 0 saturated heterocycles. The van der Waals surface area contributed by atoms with E-state index in [1.165, 1.54) is 12.0 Å². The summed E-state index contributed by atoms with van der Waals surface area (Å²) in [5.74, 6) is 1.18. The third-order valence-corrected chi connectivity index (χ3v) is 6.58. The van der Waals surface area contributed by atoms with Crippen molar-refractivity contribution in [1.82, 2.24) is 4.57 Å². The Labute approximate surface area is 194 Å². The van der Waals surface area contributed by atoms with E-state index in [-0.39, 0.29) is 16.7 Å². The molecule has 0 aliphatic carbocycles. The second-order valence-corrected chi connectivity index (χ2v) is 9.95. The van der Waals surface area contributed by atoms with E-state index in [9.17, 15) is 10.1 Å². The second-order valence-electron chi connectivity index (χ2n) is 9.11. The number of aromatic nitrogens is 1. The number of nitro groups is 1. The lowest BCUT2D eigenvalue weighted by molar-refractivity contribution is -0.384. The highest BCUT2D eigenvalue weighted by Gasteiger charge is 2.15. The maximum atomic E-state index is 11.1. The van der Waals surface area contributed by atoms with E-state index >= 15 is 0 Å². The molecule has 0 saturated carbocycles. The summed E-state index contributed by atoms with van der Waals surface area (Å²) in [5, 5.41) is 13.2. The van der Waals surface area contributed by atoms with Crippen molar-refractivity contribution in [2.24, 2.45) is 10.9 Å². The van der Waals surface area contributed by atoms with Crippen LogP contribution < -0.4 is 4.80 Å². The molecule has 0 amide bonds. The van der Waals surface area contributed by atoms with Crippen LogP contribution in [0.5, 0.6) is 0 Å². The van der Waals surface area contributed by atoms with Gasteiger partial charge in [-0.3, -0.25) is 10.1 Å². The topological polar surface area (TPSA) is 60.4 Å². The van der Waals surface area contributed by atoms with E-state index in [2.05, 4.69) is 68.8 Å². The van der Waals surface area contributed by atoms with Crippen LogP contribution in [0.25, 0.3) is 11.3 Å². The molecule has 3 rings (SSSR count). The maximum absolute atomic E-state index is 11.1. The van der Waals surface area contributed by atoms with Gasteiger partial charge in [-0.05, 0) is 60.6 Å². The van der Waals surface area contributed by atoms with Crippen LogP contribution in [-0.2, 0) is 0 Å². The average Bonchev–Trinajstić information content (AvgIpc) is 3.17. The summed E-state index contributed by atoms with van der Waals surface area (Å²) in [5.41, 5.74) is 4.38. The van der Waals surface area contributed by atoms with Gasteiger partial charge < -0.3 is 4.57 Å². The Bertz CT molecular complexity index is 1090. The highest BCUT2D eigenvalue weighted by atomic mass is 32.1. The van der Waals surface area contributed by atoms with Crippen LogP contribution in [0.2, 0.25) is 0 Å². The molecule has 0 radical (unpaired) electrons. The lowest BCUT2D eigenvalue weighted by Gasteiger charge is -2.18. The van der Waals surface area contributed by atoms with Crippen molar-refractivity contribution in [2.75, 3.05) is 0 Å². The van der Waals surface area contributed by atoms with E-state index in [0.717, 1.165) is 34.6 Å². The Morgan fingerprint density at radius 2 is 1.62 bits per heavy atom. The molecule has 0 aliphatic heterocycles. The Morgan fingerprint density at radius 3 is 2.19 bits per heavy atom. The first kappa shape index (κ1) is 23.9. The zero-order valence-electron chi connectivity index (χ0n) is 19.6. The van der Waals surface area contributed by atoms with Gasteiger partial charge in [0.05, 0.1) is 16.3 Å². The van der Waals surface area contributed by atoms with Crippen molar-refractivity contribution in [1.29, 1.82) is 0 Å². The van der Waals surface area contributed by atoms with Gasteiger partial charge in [0, 0.05) is 23.6 Å². The van der Waals surface area contributed by atoms with Crippen molar-refractivity contribution < 1.29 is 4.92 Å². The van der Waals surface area contributed by atoms with E-state index in [1.54, 1.807) is 23.5 Å². The fraction of sp³-hybridized carbons (Fsp3) is 0.423. The number of thiazole rings is 1. The number of nitrogens with zero attached hydrogens (tertiary/aromatic N) is 3. The van der Waals surface area contributed by atoms with Crippen LogP contribution >= 0.6 is 11.3 Å². The molecule has 0 aliphatic rings. The SMILES string of the molecule is CC(C)CCCC(C)n1c(-c2ccc([N+](=O)[O-])cc2)csc1=Nc1ccc(C(C)C)cc1. The number of hydrogen-bond acceptors (Lipinski definition) is 4. The van der Waals surface area contributed by atoms with Gasteiger partial charge in [0.1, 0.15) is 0 Å². The normalized spacial score (nSPS) is 13.2. The monoisotopic (exact) mass is 451 g/mol. The van der Waals surface area contributed by atoms with E-state index in [1.807, 2.05) is 12.1 Å². The lowest BCUT2D eigenvalue weighted by atomic mass is 10.0. The van der Waals surface area contributed by atoms with Crippen LogP contribution in [-0.4, -0.2) is 9.49 Å². The molecule has 5 nitrogen and oxygen atoms in total. The van der Waals surface area contributed by atoms with Gasteiger partial charge in [-0.2, -0.15) is 0 Å². The minimum Gasteiger partial charge on any atom is -0.314 e. The van der Waals surface area contributed by atoms with Gasteiger partial charge in [0.15, 0.2) is 4.80 Å². The third kappa shape index (κ3) is 5.94. The molecule has 0 fully saturated rings. The quantitative estimate of drug-likeness (QED) is 0.245. The summed E-state index contributed by atoms with van der Waals surface area (Å²) in [6, 6.07) is 15.5. The molecule has 1 unspecified atom stereocenters. The Morgan fingerprint density at radius 1 is 0.969 bits per heavy atom. The maximum Gasteiger partial charge on any atom is 0.269 e. The van der Waals surface area contributed by atoms with Crippen LogP contribution in [0, 0.1) is 16.0 Å². The zero-order valence-corrected chi connectivity index (χ0v) is 20.4. The van der Waals surface area contributed by atoms with E-state index < -0.39 is 0 Å². The molecule has 0 spiro atoms. The second kappa shape index (κ2) is 10.7. The molecule has 1 atom stereocenters. The predicted octanol–water partition coefficient (Wildman–Crippen LogP) is 7.87. The van der Waals surface area contributed by atoms with Gasteiger partial charge >= 0.3 is 0 Å². The predicted molar refractivity (Wildman–Crippen MR) is 134 cm³/mol. The molecule has 6 heteroatoms. The summed E-state index contributed by atoms with van der Waals surface area (Å²) in [6.45, 7) is 11.1. The van der Waals surface area contributed by atoms with Crippen LogP contribution in [0.4, 0.5) is 11.4 Å². The third-order valence-electron chi connectivity index (χ3n) is 5.74. The highest BCUT2D eigenvalue weighted by Crippen LogP contribution is 2.28. The molecule has 1 aromatic heterocycles. The molecule has 0 bridgehead atoms. The molecule has 1 heterocycles. The fourth-order valence-corrected chi connectivity index (χ4v) is 4.80. The zero-order chi connectivity index (χ0) is 23.3. The van der Waals surface area contributed by atoms with Gasteiger partial charge in [0.2, 0.25) is 0 Å². The molecular weight excluding hydrogens is 418 g/mol. The first-order valence-electron chi connectivity index (χ1n) is 11.4. The first-order valence-corrected chi connectivity index (χ1v) is 12.2. The number of nitro benzene ring substituents is 1. The highest BCUT2D eigenvalue weighted by molar-refractivity contribution is 7.07. The smallest absolute Gasteiger partial charge is 0.269 e. The van der Waals surface area contributed by atoms with E-state index in [4.69, 9.17) is 4.99 Å². The summed E-state index contributed by atoms with van der Waals surface area (Å²) < 4.78 is 2.29. The number of non-ortho nitro benzene ring substituents is 1. The van der Waals surface area contributed by atoms with Crippen LogP contribution in [0.1, 0.15) is 71.4 Å². The summed E-state index contributed by atoms with van der Waals surface area (Å²) >= 11 is 1.62. The minimum atomic E-state index is -0.360. The standard InChI is InChI=1S/C26H33N3O2S/c1-18(2)7-6-8-20(5)28-25(22-11-15-24(16-12-22)29(30)31)17-32-26(28)27-23-13-9-21(10-14-23)19(3)4/h9-20H,6-8H2,1-5H3. The van der Waals surface area contributed by atoms with Gasteiger partial charge in [0.25, 0.3) is 5.69 Å². The van der Waals surface area contributed by atoms with Crippen molar-refractivity contribution in [2.45, 2.75) is 65.8 Å². The summed E-state index contributed by atoms with van der Waals surface area (Å²) in [6.07, 6.45) is 3.42. The van der Waals surface area contributed by atoms with E-state index in [0.29, 0.717) is 11.8 Å². The Hall–Kier alpha value is -2.73. The van der Waals surface area contributed by atoms with Crippen molar-refractivity contribution in [3.05, 3.63) is 74.4 Å². The van der Waals surface area contributed by atoms with Crippen LogP contribution in [0.15, 0.2) is 58.9 Å². The summed E-state index contributed by atoms with van der Waals surface area (Å²) in [4.78, 5) is 16.6. The molecule has 3 aromatic rings. The summed E-state index contributed by atoms with van der Waals surface area (Å²) in [7, 11) is 0. The lowest BCUT2D eigenvalue weighted by Crippen LogP contribution is -2.20. The largest absolute Gasteiger partial charge is 0.314 e. The number of benzene rings is 2. The van der Waals surface area contributed by atoms with Gasteiger partial charge in [-0.25, -0.2) is 4.99 Å². The number of hydrogen-bond donors (Lipinski definition) is 0. The van der Waals surface area contributed by atoms with Crippen molar-refractivity contribution >= 4 is 22.7 Å². The Balaban J connectivity index is 2.01. The van der Waals surface area contributed by atoms with Gasteiger partial charge in [-0.15, -0.1) is 11.3 Å². The minimum absolute atomic E-state index is 0.107. The van der Waals surface area contributed by atoms with Gasteiger partial charge in [-0.1, -0.05) is 52.7 Å². The molecule has 170 valence electrons. The fourth-order valence-electron chi connectivity index (χ4n) is 3.79. The number of rotatable bonds is 9. The molecule has 32 heavy (non-hydrogen) atoms. The molecular formula is C26H33N3O2S.